The van der Waals surface area contributed by atoms with Crippen LogP contribution < -0.4 is 16.4 Å². The fourth-order valence-corrected chi connectivity index (χ4v) is 2.29. The lowest BCUT2D eigenvalue weighted by molar-refractivity contribution is -0.121. The molecule has 8 nitrogen and oxygen atoms in total. The second-order valence-electron chi connectivity index (χ2n) is 4.41. The zero-order valence-corrected chi connectivity index (χ0v) is 12.5. The van der Waals surface area contributed by atoms with Crippen molar-refractivity contribution in [1.82, 2.24) is 20.1 Å². The van der Waals surface area contributed by atoms with E-state index in [4.69, 9.17) is 5.73 Å². The van der Waals surface area contributed by atoms with E-state index in [0.717, 1.165) is 0 Å². The van der Waals surface area contributed by atoms with Crippen molar-refractivity contribution in [3.8, 4) is 0 Å². The lowest BCUT2D eigenvalue weighted by Gasteiger charge is -2.00. The summed E-state index contributed by atoms with van der Waals surface area (Å²) < 4.78 is 1.43. The third-order valence-electron chi connectivity index (χ3n) is 2.62. The van der Waals surface area contributed by atoms with Crippen LogP contribution in [0.25, 0.3) is 0 Å². The first kappa shape index (κ1) is 15.1. The van der Waals surface area contributed by atoms with E-state index in [1.165, 1.54) is 22.2 Å². The first-order valence-corrected chi connectivity index (χ1v) is 7.13. The molecule has 9 heteroatoms. The van der Waals surface area contributed by atoms with Crippen molar-refractivity contribution >= 4 is 28.8 Å². The van der Waals surface area contributed by atoms with Crippen molar-refractivity contribution in [3.05, 3.63) is 28.5 Å². The summed E-state index contributed by atoms with van der Waals surface area (Å²) in [6.07, 6.45) is 3.05. The van der Waals surface area contributed by atoms with Gasteiger partial charge < -0.3 is 16.4 Å². The molecule has 2 amide bonds. The number of hydrogen-bond acceptors (Lipinski definition) is 6. The standard InChI is InChI=1S/C12H16N6O2S/c1-7(13)12-17-9(6-21-12)11(20)16-8-3-15-18(4-8)5-10(19)14-2/h3-4,6-7H,5,13H2,1-2H3,(H,14,19)(H,16,20). The molecule has 0 bridgehead atoms. The topological polar surface area (TPSA) is 115 Å². The van der Waals surface area contributed by atoms with Crippen molar-refractivity contribution in [1.29, 1.82) is 0 Å². The Bertz CT molecular complexity index is 648. The van der Waals surface area contributed by atoms with Gasteiger partial charge in [0.1, 0.15) is 17.2 Å². The summed E-state index contributed by atoms with van der Waals surface area (Å²) in [5.74, 6) is -0.505. The third kappa shape index (κ3) is 3.86. The first-order chi connectivity index (χ1) is 9.99. The van der Waals surface area contributed by atoms with Crippen LogP contribution in [0, 0.1) is 0 Å². The highest BCUT2D eigenvalue weighted by Crippen LogP contribution is 2.17. The summed E-state index contributed by atoms with van der Waals surface area (Å²) in [6.45, 7) is 1.90. The SMILES string of the molecule is CNC(=O)Cn1cc(NC(=O)c2csc(C(C)N)n2)cn1. The number of nitrogens with zero attached hydrogens (tertiary/aromatic N) is 3. The second kappa shape index (κ2) is 6.46. The van der Waals surface area contributed by atoms with E-state index in [9.17, 15) is 9.59 Å². The van der Waals surface area contributed by atoms with Gasteiger partial charge in [0, 0.05) is 18.6 Å². The minimum absolute atomic E-state index is 0.0951. The van der Waals surface area contributed by atoms with E-state index in [1.807, 2.05) is 6.92 Å². The number of carbonyl (C=O) groups is 2. The van der Waals surface area contributed by atoms with Gasteiger partial charge in [-0.25, -0.2) is 4.98 Å². The molecule has 21 heavy (non-hydrogen) atoms. The van der Waals surface area contributed by atoms with E-state index >= 15 is 0 Å². The van der Waals surface area contributed by atoms with Gasteiger partial charge in [0.05, 0.1) is 17.9 Å². The lowest BCUT2D eigenvalue weighted by Crippen LogP contribution is -2.23. The Morgan fingerprint density at radius 3 is 2.90 bits per heavy atom. The molecule has 1 atom stereocenters. The van der Waals surface area contributed by atoms with Gasteiger partial charge in [-0.05, 0) is 6.92 Å². The zero-order chi connectivity index (χ0) is 15.4. The maximum absolute atomic E-state index is 12.0. The van der Waals surface area contributed by atoms with Crippen LogP contribution in [0.5, 0.6) is 0 Å². The van der Waals surface area contributed by atoms with Gasteiger partial charge in [-0.3, -0.25) is 14.3 Å². The molecular formula is C12H16N6O2S. The minimum Gasteiger partial charge on any atom is -0.358 e. The van der Waals surface area contributed by atoms with Gasteiger partial charge in [-0.2, -0.15) is 5.10 Å². The number of nitrogens with one attached hydrogen (secondary N) is 2. The maximum atomic E-state index is 12.0. The molecule has 0 spiro atoms. The van der Waals surface area contributed by atoms with Gasteiger partial charge in [0.25, 0.3) is 5.91 Å². The Morgan fingerprint density at radius 1 is 1.52 bits per heavy atom. The van der Waals surface area contributed by atoms with E-state index < -0.39 is 0 Å². The molecule has 2 aromatic heterocycles. The molecule has 1 unspecified atom stereocenters. The lowest BCUT2D eigenvalue weighted by atomic mass is 10.4. The van der Waals surface area contributed by atoms with E-state index in [2.05, 4.69) is 20.7 Å². The van der Waals surface area contributed by atoms with Crippen LogP contribution in [0.4, 0.5) is 5.69 Å². The summed E-state index contributed by atoms with van der Waals surface area (Å²) in [5, 5.41) is 11.5. The largest absolute Gasteiger partial charge is 0.358 e. The fourth-order valence-electron chi connectivity index (χ4n) is 1.54. The number of aromatic nitrogens is 3. The highest BCUT2D eigenvalue weighted by molar-refractivity contribution is 7.09. The summed E-state index contributed by atoms with van der Waals surface area (Å²) in [4.78, 5) is 27.4. The van der Waals surface area contributed by atoms with Gasteiger partial charge in [-0.15, -0.1) is 11.3 Å². The van der Waals surface area contributed by atoms with Crippen molar-refractivity contribution in [3.63, 3.8) is 0 Å². The van der Waals surface area contributed by atoms with Crippen LogP contribution in [-0.4, -0.2) is 33.6 Å². The molecule has 0 aliphatic rings. The summed E-state index contributed by atoms with van der Waals surface area (Å²) in [7, 11) is 1.55. The zero-order valence-electron chi connectivity index (χ0n) is 11.7. The Morgan fingerprint density at radius 2 is 2.29 bits per heavy atom. The van der Waals surface area contributed by atoms with E-state index in [-0.39, 0.29) is 24.4 Å². The Kier molecular flexibility index (Phi) is 4.66. The van der Waals surface area contributed by atoms with Gasteiger partial charge in [0.2, 0.25) is 5.91 Å². The van der Waals surface area contributed by atoms with Crippen molar-refractivity contribution in [2.24, 2.45) is 5.73 Å². The maximum Gasteiger partial charge on any atom is 0.275 e. The van der Waals surface area contributed by atoms with E-state index in [0.29, 0.717) is 16.4 Å². The van der Waals surface area contributed by atoms with Gasteiger partial charge in [0.15, 0.2) is 0 Å². The van der Waals surface area contributed by atoms with Crippen molar-refractivity contribution < 1.29 is 9.59 Å². The van der Waals surface area contributed by atoms with Gasteiger partial charge >= 0.3 is 0 Å². The highest BCUT2D eigenvalue weighted by Gasteiger charge is 2.13. The predicted octanol–water partition coefficient (Wildman–Crippen LogP) is 0.358. The Hall–Kier alpha value is -2.26. The number of likely N-dealkylation sites (N-methyl/N-ethyl adjacent to an activating group) is 1. The van der Waals surface area contributed by atoms with Gasteiger partial charge in [-0.1, -0.05) is 0 Å². The predicted molar refractivity (Wildman–Crippen MR) is 79.0 cm³/mol. The average molecular weight is 308 g/mol. The molecule has 0 aromatic carbocycles. The number of thiazole rings is 1. The number of nitrogens with two attached hydrogens (primary N) is 1. The molecule has 2 aromatic rings. The first-order valence-electron chi connectivity index (χ1n) is 6.25. The summed E-state index contributed by atoms with van der Waals surface area (Å²) in [5.41, 5.74) is 6.52. The normalized spacial score (nSPS) is 12.0. The van der Waals surface area contributed by atoms with E-state index in [1.54, 1.807) is 18.6 Å². The number of rotatable bonds is 5. The molecule has 0 saturated heterocycles. The molecular weight excluding hydrogens is 292 g/mol. The molecule has 0 saturated carbocycles. The number of carbonyl (C=O) groups excluding carboxylic acids is 2. The summed E-state index contributed by atoms with van der Waals surface area (Å²) >= 11 is 1.34. The quantitative estimate of drug-likeness (QED) is 0.737. The van der Waals surface area contributed by atoms with Crippen LogP contribution in [0.15, 0.2) is 17.8 Å². The van der Waals surface area contributed by atoms with Crippen LogP contribution in [0.1, 0.15) is 28.5 Å². The molecule has 4 N–H and O–H groups in total. The minimum atomic E-state index is -0.336. The highest BCUT2D eigenvalue weighted by atomic mass is 32.1. The molecule has 112 valence electrons. The number of hydrogen-bond donors (Lipinski definition) is 3. The number of anilines is 1. The van der Waals surface area contributed by atoms with Crippen molar-refractivity contribution in [2.45, 2.75) is 19.5 Å². The molecule has 0 aliphatic heterocycles. The molecule has 0 aliphatic carbocycles. The van der Waals surface area contributed by atoms with Crippen molar-refractivity contribution in [2.75, 3.05) is 12.4 Å². The Balaban J connectivity index is 2.00. The monoisotopic (exact) mass is 308 g/mol. The van der Waals surface area contributed by atoms with Crippen LogP contribution in [0.2, 0.25) is 0 Å². The number of amides is 2. The third-order valence-corrected chi connectivity index (χ3v) is 3.67. The molecule has 2 heterocycles. The Labute approximate surface area is 125 Å². The molecule has 0 fully saturated rings. The average Bonchev–Trinajstić information content (AvgIpc) is 3.07. The second-order valence-corrected chi connectivity index (χ2v) is 5.30. The smallest absolute Gasteiger partial charge is 0.275 e. The van der Waals surface area contributed by atoms with Crippen LogP contribution in [-0.2, 0) is 11.3 Å². The van der Waals surface area contributed by atoms with Crippen LogP contribution >= 0.6 is 11.3 Å². The fraction of sp³-hybridized carbons (Fsp3) is 0.333. The summed E-state index contributed by atoms with van der Waals surface area (Å²) in [6, 6.07) is -0.202. The molecule has 2 rings (SSSR count). The van der Waals surface area contributed by atoms with Crippen LogP contribution in [0.3, 0.4) is 0 Å². The molecule has 0 radical (unpaired) electrons.